The number of aromatic amines is 1. The number of carbonyl (C=O) groups excluding carboxylic acids is 2. The maximum Gasteiger partial charge on any atom is 1.00 e. The number of aromatic nitrogens is 1. The number of nitrogens with one attached hydrogen (secondary N) is 1. The third-order valence-corrected chi connectivity index (χ3v) is 6.90. The number of ketones is 1. The Balaban J connectivity index is 0.00000456. The normalized spacial score (nSPS) is 10.8. The summed E-state index contributed by atoms with van der Waals surface area (Å²) in [5.41, 5.74) is 1.85. The van der Waals surface area contributed by atoms with Gasteiger partial charge in [0, 0.05) is 27.7 Å². The van der Waals surface area contributed by atoms with Crippen molar-refractivity contribution in [2.75, 3.05) is 12.4 Å². The number of Topliss-reactive ketones (excluding diaryl/α,β-unsaturated/α-hetero) is 1. The van der Waals surface area contributed by atoms with Crippen LogP contribution in [0.4, 0.5) is 0 Å². The Morgan fingerprint density at radius 3 is 2.42 bits per heavy atom. The molecule has 0 aliphatic carbocycles. The fourth-order valence-corrected chi connectivity index (χ4v) is 5.08. The van der Waals surface area contributed by atoms with Crippen molar-refractivity contribution >= 4 is 34.4 Å². The van der Waals surface area contributed by atoms with E-state index in [0.717, 1.165) is 41.5 Å². The third kappa shape index (κ3) is 6.94. The molecule has 0 amide bonds. The van der Waals surface area contributed by atoms with Gasteiger partial charge < -0.3 is 24.7 Å². The molecule has 0 bridgehead atoms. The van der Waals surface area contributed by atoms with Crippen LogP contribution in [0.3, 0.4) is 0 Å². The van der Waals surface area contributed by atoms with Gasteiger partial charge in [0.15, 0.2) is 11.2 Å². The summed E-state index contributed by atoms with van der Waals surface area (Å²) in [5, 5.41) is 22.3. The molecule has 0 aliphatic rings. The minimum atomic E-state index is -1.41. The maximum absolute atomic E-state index is 12.4. The van der Waals surface area contributed by atoms with Gasteiger partial charge in [-0.25, -0.2) is 0 Å². The summed E-state index contributed by atoms with van der Waals surface area (Å²) < 4.78 is 5.94. The number of fused-ring (bicyclic) bond motifs is 1. The first-order chi connectivity index (χ1) is 16.8. The van der Waals surface area contributed by atoms with Crippen LogP contribution in [0.2, 0.25) is 0 Å². The standard InChI is InChI=1S/C27H31NO6S.Na/c1-4-7-19-23(11-9-17(16(3)29)26(19)31)34-13-6-14-35-24-12-10-18-22(30)15-21(27(32)33)28-25(18)20(24)8-5-2;/h9-12,15,31H,4-8,13-14H2,1-3H3,(H,28,30)(H,32,33);/q;+1/p-1. The van der Waals surface area contributed by atoms with Gasteiger partial charge in [-0.2, -0.15) is 0 Å². The Bertz CT molecular complexity index is 1300. The van der Waals surface area contributed by atoms with Crippen molar-refractivity contribution in [3.63, 3.8) is 0 Å². The number of phenols is 1. The number of ether oxygens (including phenoxy) is 1. The molecule has 0 atom stereocenters. The number of hydrogen-bond donors (Lipinski definition) is 2. The van der Waals surface area contributed by atoms with Gasteiger partial charge in [-0.1, -0.05) is 26.7 Å². The molecule has 2 aromatic carbocycles. The number of carboxylic acids is 1. The smallest absolute Gasteiger partial charge is 0.543 e. The first kappa shape index (κ1) is 30.0. The van der Waals surface area contributed by atoms with Crippen molar-refractivity contribution in [1.29, 1.82) is 0 Å². The summed E-state index contributed by atoms with van der Waals surface area (Å²) in [4.78, 5) is 39.3. The molecule has 2 N–H and O–H groups in total. The van der Waals surface area contributed by atoms with Gasteiger partial charge in [0.2, 0.25) is 0 Å². The van der Waals surface area contributed by atoms with E-state index in [1.54, 1.807) is 30.0 Å². The summed E-state index contributed by atoms with van der Waals surface area (Å²) in [5.74, 6) is -0.269. The van der Waals surface area contributed by atoms with Gasteiger partial charge >= 0.3 is 29.6 Å². The second kappa shape index (κ2) is 13.9. The number of aromatic carboxylic acids is 1. The van der Waals surface area contributed by atoms with Gasteiger partial charge in [0.05, 0.1) is 29.4 Å². The van der Waals surface area contributed by atoms with Crippen molar-refractivity contribution in [1.82, 2.24) is 4.98 Å². The van der Waals surface area contributed by atoms with E-state index >= 15 is 0 Å². The number of rotatable bonds is 12. The second-order valence-electron chi connectivity index (χ2n) is 8.34. The van der Waals surface area contributed by atoms with Crippen molar-refractivity contribution < 1.29 is 54.1 Å². The number of pyridine rings is 1. The van der Waals surface area contributed by atoms with E-state index in [4.69, 9.17) is 4.74 Å². The van der Waals surface area contributed by atoms with E-state index in [-0.39, 0.29) is 52.2 Å². The molecule has 186 valence electrons. The molecule has 1 aromatic heterocycles. The van der Waals surface area contributed by atoms with Gasteiger partial charge in [0.25, 0.3) is 0 Å². The zero-order valence-corrected chi connectivity index (χ0v) is 24.0. The van der Waals surface area contributed by atoms with Gasteiger partial charge in [-0.15, -0.1) is 11.8 Å². The van der Waals surface area contributed by atoms with Gasteiger partial charge in [-0.05, 0) is 56.0 Å². The van der Waals surface area contributed by atoms with Crippen LogP contribution in [0.1, 0.15) is 72.0 Å². The van der Waals surface area contributed by atoms with Crippen LogP contribution in [0.15, 0.2) is 40.0 Å². The van der Waals surface area contributed by atoms with Gasteiger partial charge in [-0.3, -0.25) is 9.59 Å². The number of thioether (sulfide) groups is 1. The Morgan fingerprint density at radius 1 is 1.08 bits per heavy atom. The SMILES string of the molecule is CCCc1c(OCCCSc2ccc3c(=O)cc(C(=O)[O-])[nH]c3c2CCC)ccc(C(C)=O)c1O.[Na+]. The zero-order valence-electron chi connectivity index (χ0n) is 21.2. The number of H-pyrrole nitrogens is 1. The van der Waals surface area contributed by atoms with Crippen molar-refractivity contribution in [2.45, 2.75) is 57.8 Å². The van der Waals surface area contributed by atoms with Crippen LogP contribution < -0.4 is 44.8 Å². The predicted molar refractivity (Wildman–Crippen MR) is 136 cm³/mol. The number of aromatic hydroxyl groups is 1. The molecule has 9 heteroatoms. The number of aryl methyl sites for hydroxylation is 1. The molecule has 0 spiro atoms. The Hall–Kier alpha value is -2.26. The molecule has 36 heavy (non-hydrogen) atoms. The Kier molecular flexibility index (Phi) is 11.6. The fourth-order valence-electron chi connectivity index (χ4n) is 4.05. The molecule has 1 heterocycles. The fraction of sp³-hybridized carbons (Fsp3) is 0.370. The molecule has 7 nitrogen and oxygen atoms in total. The second-order valence-corrected chi connectivity index (χ2v) is 9.48. The van der Waals surface area contributed by atoms with Crippen LogP contribution in [0, 0.1) is 0 Å². The number of hydrogen-bond acceptors (Lipinski definition) is 7. The third-order valence-electron chi connectivity index (χ3n) is 5.71. The Labute approximate surface area is 236 Å². The summed E-state index contributed by atoms with van der Waals surface area (Å²) in [6, 6.07) is 8.02. The summed E-state index contributed by atoms with van der Waals surface area (Å²) in [6.45, 7) is 5.89. The minimum absolute atomic E-state index is 0. The van der Waals surface area contributed by atoms with E-state index in [0.29, 0.717) is 47.2 Å². The van der Waals surface area contributed by atoms with Crippen molar-refractivity contribution in [3.8, 4) is 11.5 Å². The van der Waals surface area contributed by atoms with Crippen LogP contribution in [-0.2, 0) is 12.8 Å². The summed E-state index contributed by atoms with van der Waals surface area (Å²) in [6.07, 6.45) is 3.69. The average molecular weight is 520 g/mol. The molecule has 3 aromatic rings. The molecule has 0 saturated heterocycles. The van der Waals surface area contributed by atoms with E-state index in [1.165, 1.54) is 6.92 Å². The molecular formula is C27H30NNaO6S. The quantitative estimate of drug-likeness (QED) is 0.160. The largest absolute Gasteiger partial charge is 1.00 e. The van der Waals surface area contributed by atoms with E-state index in [2.05, 4.69) is 4.98 Å². The monoisotopic (exact) mass is 519 g/mol. The molecule has 0 fully saturated rings. The van der Waals surface area contributed by atoms with Crippen LogP contribution in [-0.4, -0.2) is 34.2 Å². The van der Waals surface area contributed by atoms with Crippen LogP contribution in [0.5, 0.6) is 11.5 Å². The van der Waals surface area contributed by atoms with E-state index < -0.39 is 5.97 Å². The summed E-state index contributed by atoms with van der Waals surface area (Å²) >= 11 is 1.62. The number of carbonyl (C=O) groups is 2. The molecule has 0 radical (unpaired) electrons. The first-order valence-corrected chi connectivity index (χ1v) is 12.8. The number of benzene rings is 2. The maximum atomic E-state index is 12.4. The predicted octanol–water partition coefficient (Wildman–Crippen LogP) is 1.27. The average Bonchev–Trinajstić information content (AvgIpc) is 2.81. The van der Waals surface area contributed by atoms with E-state index in [9.17, 15) is 24.6 Å². The first-order valence-electron chi connectivity index (χ1n) is 11.8. The molecular weight excluding hydrogens is 489 g/mol. The number of phenolic OH excluding ortho intramolecular Hbond substituents is 1. The van der Waals surface area contributed by atoms with Crippen LogP contribution in [0.25, 0.3) is 10.9 Å². The Morgan fingerprint density at radius 2 is 1.78 bits per heavy atom. The van der Waals surface area contributed by atoms with Gasteiger partial charge in [0.1, 0.15) is 11.5 Å². The zero-order chi connectivity index (χ0) is 25.5. The molecule has 3 rings (SSSR count). The molecule has 0 unspecified atom stereocenters. The number of carboxylic acid groups (broad SMARTS) is 1. The molecule has 0 saturated carbocycles. The summed E-state index contributed by atoms with van der Waals surface area (Å²) in [7, 11) is 0. The van der Waals surface area contributed by atoms with Crippen molar-refractivity contribution in [2.24, 2.45) is 0 Å². The van der Waals surface area contributed by atoms with Crippen molar-refractivity contribution in [3.05, 3.63) is 62.9 Å². The minimum Gasteiger partial charge on any atom is -0.543 e. The van der Waals surface area contributed by atoms with Crippen LogP contribution >= 0.6 is 11.8 Å². The van der Waals surface area contributed by atoms with E-state index in [1.807, 2.05) is 19.9 Å². The molecule has 0 aliphatic heterocycles. The topological polar surface area (TPSA) is 120 Å².